The molecule has 0 radical (unpaired) electrons. The number of hydrogen-bond donors (Lipinski definition) is 2. The number of aromatic nitrogens is 2. The molecule has 6 nitrogen and oxygen atoms in total. The molecular weight excluding hydrogens is 316 g/mol. The molecule has 1 aromatic heterocycles. The minimum absolute atomic E-state index is 0.284. The SMILES string of the molecule is Cc1c(C)n(NC(=O)Nc2c(C(C)C)cccc2C(C)C)cnc1=O. The van der Waals surface area contributed by atoms with E-state index in [1.54, 1.807) is 13.8 Å². The lowest BCUT2D eigenvalue weighted by molar-refractivity contribution is 0.259. The van der Waals surface area contributed by atoms with Gasteiger partial charge in [0.15, 0.2) is 0 Å². The molecule has 0 saturated heterocycles. The molecule has 0 saturated carbocycles. The van der Waals surface area contributed by atoms with Gasteiger partial charge in [-0.05, 0) is 36.8 Å². The Morgan fingerprint density at radius 2 is 1.64 bits per heavy atom. The standard InChI is InChI=1S/C19H26N4O2/c1-11(2)15-8-7-9-16(12(3)4)17(15)21-19(25)22-23-10-20-18(24)13(5)14(23)6/h7-12H,1-6H3,(H2,21,22,25). The van der Waals surface area contributed by atoms with Crippen LogP contribution in [0.1, 0.15) is 61.9 Å². The van der Waals surface area contributed by atoms with Gasteiger partial charge >= 0.3 is 6.03 Å². The quantitative estimate of drug-likeness (QED) is 0.885. The third kappa shape index (κ3) is 4.07. The molecule has 0 unspecified atom stereocenters. The van der Waals surface area contributed by atoms with Crippen molar-refractivity contribution in [1.82, 2.24) is 9.66 Å². The molecule has 134 valence electrons. The molecule has 6 heteroatoms. The van der Waals surface area contributed by atoms with Crippen LogP contribution in [0.15, 0.2) is 29.3 Å². The Hall–Kier alpha value is -2.63. The van der Waals surface area contributed by atoms with E-state index in [2.05, 4.69) is 43.4 Å². The number of benzene rings is 1. The lowest BCUT2D eigenvalue weighted by Crippen LogP contribution is -2.32. The van der Waals surface area contributed by atoms with Crippen molar-refractivity contribution < 1.29 is 4.79 Å². The van der Waals surface area contributed by atoms with Crippen LogP contribution in [0, 0.1) is 13.8 Å². The zero-order chi connectivity index (χ0) is 18.7. The molecule has 0 aliphatic heterocycles. The number of rotatable bonds is 4. The highest BCUT2D eigenvalue weighted by Gasteiger charge is 2.16. The number of carbonyl (C=O) groups is 1. The van der Waals surface area contributed by atoms with Crippen LogP contribution in [0.3, 0.4) is 0 Å². The second-order valence-corrected chi connectivity index (χ2v) is 6.82. The fourth-order valence-electron chi connectivity index (χ4n) is 2.69. The van der Waals surface area contributed by atoms with E-state index in [-0.39, 0.29) is 23.4 Å². The number of carbonyl (C=O) groups excluding carboxylic acids is 1. The van der Waals surface area contributed by atoms with Crippen molar-refractivity contribution in [3.63, 3.8) is 0 Å². The highest BCUT2D eigenvalue weighted by Crippen LogP contribution is 2.32. The minimum atomic E-state index is -0.372. The van der Waals surface area contributed by atoms with E-state index in [4.69, 9.17) is 0 Å². The largest absolute Gasteiger partial charge is 0.338 e. The fraction of sp³-hybridized carbons (Fsp3) is 0.421. The highest BCUT2D eigenvalue weighted by atomic mass is 16.2. The van der Waals surface area contributed by atoms with Crippen molar-refractivity contribution in [2.45, 2.75) is 53.4 Å². The van der Waals surface area contributed by atoms with Crippen molar-refractivity contribution in [3.8, 4) is 0 Å². The van der Waals surface area contributed by atoms with Gasteiger partial charge in [0.2, 0.25) is 0 Å². The Bertz CT molecular complexity index is 812. The van der Waals surface area contributed by atoms with E-state index in [1.165, 1.54) is 11.0 Å². The molecular formula is C19H26N4O2. The molecule has 2 N–H and O–H groups in total. The molecule has 2 aromatic rings. The van der Waals surface area contributed by atoms with Gasteiger partial charge < -0.3 is 5.32 Å². The Kier molecular flexibility index (Phi) is 5.62. The maximum absolute atomic E-state index is 12.5. The van der Waals surface area contributed by atoms with Crippen molar-refractivity contribution in [2.75, 3.05) is 10.7 Å². The first-order valence-electron chi connectivity index (χ1n) is 8.48. The van der Waals surface area contributed by atoms with Gasteiger partial charge in [-0.15, -0.1) is 0 Å². The summed E-state index contributed by atoms with van der Waals surface area (Å²) in [5, 5.41) is 2.97. The summed E-state index contributed by atoms with van der Waals surface area (Å²) in [6.45, 7) is 11.8. The van der Waals surface area contributed by atoms with Crippen LogP contribution in [0.2, 0.25) is 0 Å². The van der Waals surface area contributed by atoms with E-state index in [1.807, 2.05) is 18.2 Å². The van der Waals surface area contributed by atoms with E-state index >= 15 is 0 Å². The van der Waals surface area contributed by atoms with Crippen molar-refractivity contribution in [3.05, 3.63) is 57.3 Å². The van der Waals surface area contributed by atoms with Crippen LogP contribution in [-0.4, -0.2) is 15.7 Å². The molecule has 1 heterocycles. The maximum Gasteiger partial charge on any atom is 0.338 e. The Balaban J connectivity index is 2.32. The molecule has 0 bridgehead atoms. The van der Waals surface area contributed by atoms with Gasteiger partial charge in [0, 0.05) is 16.9 Å². The van der Waals surface area contributed by atoms with E-state index in [9.17, 15) is 9.59 Å². The van der Waals surface area contributed by atoms with Gasteiger partial charge in [0.25, 0.3) is 5.56 Å². The maximum atomic E-state index is 12.5. The average molecular weight is 342 g/mol. The number of para-hydroxylation sites is 1. The molecule has 0 spiro atoms. The summed E-state index contributed by atoms with van der Waals surface area (Å²) >= 11 is 0. The number of anilines is 1. The van der Waals surface area contributed by atoms with Crippen LogP contribution >= 0.6 is 0 Å². The van der Waals surface area contributed by atoms with Gasteiger partial charge in [-0.1, -0.05) is 45.9 Å². The zero-order valence-electron chi connectivity index (χ0n) is 15.7. The highest BCUT2D eigenvalue weighted by molar-refractivity contribution is 5.96. The number of nitrogens with one attached hydrogen (secondary N) is 2. The predicted octanol–water partition coefficient (Wildman–Crippen LogP) is 3.88. The van der Waals surface area contributed by atoms with Crippen molar-refractivity contribution in [1.29, 1.82) is 0 Å². The fourth-order valence-corrected chi connectivity index (χ4v) is 2.69. The monoisotopic (exact) mass is 342 g/mol. The molecule has 1 aromatic carbocycles. The van der Waals surface area contributed by atoms with Gasteiger partial charge in [0.1, 0.15) is 6.33 Å². The molecule has 2 amide bonds. The van der Waals surface area contributed by atoms with Gasteiger partial charge in [-0.25, -0.2) is 14.9 Å². The van der Waals surface area contributed by atoms with Crippen LogP contribution in [0.5, 0.6) is 0 Å². The summed E-state index contributed by atoms with van der Waals surface area (Å²) in [6.07, 6.45) is 1.32. The van der Waals surface area contributed by atoms with Gasteiger partial charge in [0.05, 0.1) is 0 Å². The Morgan fingerprint density at radius 3 is 2.16 bits per heavy atom. The van der Waals surface area contributed by atoms with E-state index in [0.717, 1.165) is 16.8 Å². The van der Waals surface area contributed by atoms with Crippen LogP contribution in [-0.2, 0) is 0 Å². The van der Waals surface area contributed by atoms with Gasteiger partial charge in [-0.2, -0.15) is 4.98 Å². The normalized spacial score (nSPS) is 11.0. The van der Waals surface area contributed by atoms with Crippen LogP contribution in [0.25, 0.3) is 0 Å². The molecule has 0 aliphatic rings. The Labute approximate surface area is 148 Å². The summed E-state index contributed by atoms with van der Waals surface area (Å²) in [6, 6.07) is 5.71. The summed E-state index contributed by atoms with van der Waals surface area (Å²) in [7, 11) is 0. The summed E-state index contributed by atoms with van der Waals surface area (Å²) in [4.78, 5) is 27.8. The topological polar surface area (TPSA) is 76.0 Å². The molecule has 0 atom stereocenters. The lowest BCUT2D eigenvalue weighted by Gasteiger charge is -2.21. The lowest BCUT2D eigenvalue weighted by atomic mass is 9.93. The summed E-state index contributed by atoms with van der Waals surface area (Å²) < 4.78 is 1.46. The third-order valence-corrected chi connectivity index (χ3v) is 4.35. The molecule has 25 heavy (non-hydrogen) atoms. The van der Waals surface area contributed by atoms with E-state index in [0.29, 0.717) is 11.3 Å². The Morgan fingerprint density at radius 1 is 1.08 bits per heavy atom. The first kappa shape index (κ1) is 18.7. The van der Waals surface area contributed by atoms with Crippen LogP contribution < -0.4 is 16.3 Å². The second kappa shape index (κ2) is 7.51. The molecule has 0 aliphatic carbocycles. The van der Waals surface area contributed by atoms with Crippen molar-refractivity contribution in [2.24, 2.45) is 0 Å². The van der Waals surface area contributed by atoms with Gasteiger partial charge in [-0.3, -0.25) is 4.79 Å². The van der Waals surface area contributed by atoms with Crippen LogP contribution in [0.4, 0.5) is 10.5 Å². The number of urea groups is 1. The summed E-state index contributed by atoms with van der Waals surface area (Å²) in [5.41, 5.74) is 6.61. The minimum Gasteiger partial charge on any atom is -0.306 e. The number of nitrogens with zero attached hydrogens (tertiary/aromatic N) is 2. The molecule has 2 rings (SSSR count). The average Bonchev–Trinajstić information content (AvgIpc) is 2.55. The number of amides is 2. The third-order valence-electron chi connectivity index (χ3n) is 4.35. The first-order valence-corrected chi connectivity index (χ1v) is 8.48. The molecule has 0 fully saturated rings. The zero-order valence-corrected chi connectivity index (χ0v) is 15.7. The second-order valence-electron chi connectivity index (χ2n) is 6.82. The number of hydrogen-bond acceptors (Lipinski definition) is 3. The van der Waals surface area contributed by atoms with E-state index < -0.39 is 0 Å². The summed E-state index contributed by atoms with van der Waals surface area (Å²) in [5.74, 6) is 0.569. The smallest absolute Gasteiger partial charge is 0.306 e. The van der Waals surface area contributed by atoms with Crippen molar-refractivity contribution >= 4 is 11.7 Å². The predicted molar refractivity (Wildman–Crippen MR) is 101 cm³/mol. The first-order chi connectivity index (χ1) is 11.7.